The molecule has 5 heteroatoms. The van der Waals surface area contributed by atoms with Crippen LogP contribution in [0.15, 0.2) is 4.79 Å². The van der Waals surface area contributed by atoms with Crippen molar-refractivity contribution in [2.24, 2.45) is 0 Å². The summed E-state index contributed by atoms with van der Waals surface area (Å²) in [5, 5.41) is 3.08. The van der Waals surface area contributed by atoms with Crippen LogP contribution >= 0.6 is 0 Å². The van der Waals surface area contributed by atoms with Crippen LogP contribution in [0, 0.1) is 6.92 Å². The number of hydrogen-bond acceptors (Lipinski definition) is 4. The maximum Gasteiger partial charge on any atom is 0.257 e. The van der Waals surface area contributed by atoms with Crippen LogP contribution in [0.5, 0.6) is 0 Å². The Bertz CT molecular complexity index is 380. The van der Waals surface area contributed by atoms with Gasteiger partial charge in [-0.05, 0) is 19.8 Å². The van der Waals surface area contributed by atoms with Crippen molar-refractivity contribution in [1.82, 2.24) is 9.97 Å². The number of hydrogen-bond donors (Lipinski definition) is 3. The molecule has 0 amide bonds. The average Bonchev–Trinajstić information content (AvgIpc) is 2.84. The van der Waals surface area contributed by atoms with Gasteiger partial charge in [-0.25, -0.2) is 0 Å². The van der Waals surface area contributed by atoms with Gasteiger partial charge in [0.15, 0.2) is 0 Å². The van der Waals surface area contributed by atoms with Crippen LogP contribution in [0.25, 0.3) is 0 Å². The lowest BCUT2D eigenvalue weighted by molar-refractivity contribution is 1.02. The molecule has 4 N–H and O–H groups in total. The van der Waals surface area contributed by atoms with Crippen molar-refractivity contribution in [1.29, 1.82) is 0 Å². The third-order valence-electron chi connectivity index (χ3n) is 2.11. The third kappa shape index (κ3) is 1.63. The Morgan fingerprint density at radius 2 is 2.31 bits per heavy atom. The van der Waals surface area contributed by atoms with Crippen molar-refractivity contribution in [2.75, 3.05) is 11.1 Å². The summed E-state index contributed by atoms with van der Waals surface area (Å²) in [6.45, 7) is 1.65. The van der Waals surface area contributed by atoms with Gasteiger partial charge in [0.2, 0.25) is 5.95 Å². The summed E-state index contributed by atoms with van der Waals surface area (Å²) >= 11 is 0. The minimum Gasteiger partial charge on any atom is -0.383 e. The highest BCUT2D eigenvalue weighted by atomic mass is 16.1. The van der Waals surface area contributed by atoms with Gasteiger partial charge in [-0.15, -0.1) is 0 Å². The quantitative estimate of drug-likeness (QED) is 0.608. The Hall–Kier alpha value is -1.52. The highest BCUT2D eigenvalue weighted by Crippen LogP contribution is 2.22. The summed E-state index contributed by atoms with van der Waals surface area (Å²) in [7, 11) is 0. The summed E-state index contributed by atoms with van der Waals surface area (Å²) in [5.74, 6) is 0.780. The Balaban J connectivity index is 2.31. The van der Waals surface area contributed by atoms with Gasteiger partial charge in [0.05, 0.1) is 5.56 Å². The summed E-state index contributed by atoms with van der Waals surface area (Å²) < 4.78 is 0. The first-order chi connectivity index (χ1) is 6.16. The number of nitrogen functional groups attached to an aromatic ring is 1. The molecule has 1 aromatic heterocycles. The maximum atomic E-state index is 11.2. The summed E-state index contributed by atoms with van der Waals surface area (Å²) in [4.78, 5) is 17.9. The van der Waals surface area contributed by atoms with Crippen molar-refractivity contribution >= 4 is 11.8 Å². The molecule has 0 unspecified atom stereocenters. The Kier molecular flexibility index (Phi) is 1.72. The summed E-state index contributed by atoms with van der Waals surface area (Å²) in [6.07, 6.45) is 2.27. The third-order valence-corrected chi connectivity index (χ3v) is 2.11. The monoisotopic (exact) mass is 180 g/mol. The number of nitrogens with one attached hydrogen (secondary N) is 2. The molecular formula is C8H12N4O. The molecule has 1 heterocycles. The van der Waals surface area contributed by atoms with E-state index in [0.717, 1.165) is 12.8 Å². The molecule has 0 saturated heterocycles. The van der Waals surface area contributed by atoms with E-state index in [-0.39, 0.29) is 5.56 Å². The van der Waals surface area contributed by atoms with Crippen LogP contribution in [0.4, 0.5) is 11.8 Å². The Morgan fingerprint density at radius 3 is 2.85 bits per heavy atom. The zero-order valence-electron chi connectivity index (χ0n) is 7.42. The highest BCUT2D eigenvalue weighted by Gasteiger charge is 2.21. The predicted octanol–water partition coefficient (Wildman–Crippen LogP) is 0.235. The number of nitrogens with two attached hydrogens (primary N) is 1. The van der Waals surface area contributed by atoms with E-state index in [1.165, 1.54) is 0 Å². The minimum absolute atomic E-state index is 0.171. The van der Waals surface area contributed by atoms with Crippen LogP contribution < -0.4 is 16.6 Å². The Morgan fingerprint density at radius 1 is 1.62 bits per heavy atom. The predicted molar refractivity (Wildman–Crippen MR) is 50.7 cm³/mol. The molecule has 1 fully saturated rings. The van der Waals surface area contributed by atoms with Crippen LogP contribution in [0.3, 0.4) is 0 Å². The lowest BCUT2D eigenvalue weighted by Gasteiger charge is -2.04. The lowest BCUT2D eigenvalue weighted by Crippen LogP contribution is -2.18. The fourth-order valence-electron chi connectivity index (χ4n) is 1.04. The van der Waals surface area contributed by atoms with Gasteiger partial charge >= 0.3 is 0 Å². The highest BCUT2D eigenvalue weighted by molar-refractivity contribution is 5.42. The van der Waals surface area contributed by atoms with Crippen molar-refractivity contribution in [2.45, 2.75) is 25.8 Å². The topological polar surface area (TPSA) is 83.8 Å². The number of aromatic amines is 1. The van der Waals surface area contributed by atoms with Crippen molar-refractivity contribution in [3.05, 3.63) is 15.9 Å². The van der Waals surface area contributed by atoms with Gasteiger partial charge in [0, 0.05) is 6.04 Å². The first kappa shape index (κ1) is 8.10. The van der Waals surface area contributed by atoms with Crippen LogP contribution in [0.1, 0.15) is 18.4 Å². The minimum atomic E-state index is -0.171. The molecule has 1 saturated carbocycles. The number of anilines is 2. The molecule has 0 radical (unpaired) electrons. The van der Waals surface area contributed by atoms with Crippen molar-refractivity contribution in [3.8, 4) is 0 Å². The van der Waals surface area contributed by atoms with E-state index < -0.39 is 0 Å². The summed E-state index contributed by atoms with van der Waals surface area (Å²) in [5.41, 5.74) is 5.85. The van der Waals surface area contributed by atoms with E-state index in [4.69, 9.17) is 5.73 Å². The summed E-state index contributed by atoms with van der Waals surface area (Å²) in [6, 6.07) is 0.463. The van der Waals surface area contributed by atoms with Gasteiger partial charge < -0.3 is 11.1 Å². The van der Waals surface area contributed by atoms with Gasteiger partial charge in [-0.1, -0.05) is 0 Å². The largest absolute Gasteiger partial charge is 0.383 e. The Labute approximate surface area is 75.4 Å². The van der Waals surface area contributed by atoms with Crippen molar-refractivity contribution in [3.63, 3.8) is 0 Å². The van der Waals surface area contributed by atoms with Gasteiger partial charge in [0.1, 0.15) is 5.82 Å². The first-order valence-electron chi connectivity index (χ1n) is 4.30. The second-order valence-electron chi connectivity index (χ2n) is 3.34. The molecule has 13 heavy (non-hydrogen) atoms. The molecule has 0 aliphatic heterocycles. The molecule has 1 aliphatic carbocycles. The van der Waals surface area contributed by atoms with Crippen LogP contribution in [0.2, 0.25) is 0 Å². The molecule has 0 aromatic carbocycles. The van der Waals surface area contributed by atoms with E-state index >= 15 is 0 Å². The molecule has 0 atom stereocenters. The fraction of sp³-hybridized carbons (Fsp3) is 0.500. The van der Waals surface area contributed by atoms with E-state index in [9.17, 15) is 4.79 Å². The molecule has 1 aromatic rings. The fourth-order valence-corrected chi connectivity index (χ4v) is 1.04. The zero-order chi connectivity index (χ0) is 9.42. The smallest absolute Gasteiger partial charge is 0.257 e. The van der Waals surface area contributed by atoms with Crippen molar-refractivity contribution < 1.29 is 0 Å². The zero-order valence-corrected chi connectivity index (χ0v) is 7.42. The second kappa shape index (κ2) is 2.76. The lowest BCUT2D eigenvalue weighted by atomic mass is 10.3. The molecule has 1 aliphatic rings. The number of nitrogens with zero attached hydrogens (tertiary/aromatic N) is 1. The molecule has 0 spiro atoms. The molecule has 2 rings (SSSR count). The first-order valence-corrected chi connectivity index (χ1v) is 4.30. The second-order valence-corrected chi connectivity index (χ2v) is 3.34. The molecular weight excluding hydrogens is 168 g/mol. The SMILES string of the molecule is Cc1c(N)nc(NC2CC2)[nH]c1=O. The number of aromatic nitrogens is 2. The van der Waals surface area contributed by atoms with Gasteiger partial charge in [-0.2, -0.15) is 4.98 Å². The van der Waals surface area contributed by atoms with E-state index in [0.29, 0.717) is 23.4 Å². The van der Waals surface area contributed by atoms with E-state index in [2.05, 4.69) is 15.3 Å². The number of rotatable bonds is 2. The average molecular weight is 180 g/mol. The van der Waals surface area contributed by atoms with Crippen LogP contribution in [-0.2, 0) is 0 Å². The van der Waals surface area contributed by atoms with Crippen LogP contribution in [-0.4, -0.2) is 16.0 Å². The van der Waals surface area contributed by atoms with Gasteiger partial charge in [0.25, 0.3) is 5.56 Å². The van der Waals surface area contributed by atoms with Gasteiger partial charge in [-0.3, -0.25) is 9.78 Å². The molecule has 0 bridgehead atoms. The number of H-pyrrole nitrogens is 1. The maximum absolute atomic E-state index is 11.2. The normalized spacial score (nSPS) is 15.8. The molecule has 70 valence electrons. The van der Waals surface area contributed by atoms with E-state index in [1.807, 2.05) is 0 Å². The van der Waals surface area contributed by atoms with E-state index in [1.54, 1.807) is 6.92 Å². The molecule has 5 nitrogen and oxygen atoms in total. The standard InChI is InChI=1S/C8H12N4O/c1-4-6(9)11-8(12-7(4)13)10-5-2-3-5/h5H,2-3H2,1H3,(H4,9,10,11,12,13).